The Morgan fingerprint density at radius 3 is 2.18 bits per heavy atom. The first-order valence-electron chi connectivity index (χ1n) is 17.0. The second-order valence-corrected chi connectivity index (χ2v) is 12.3. The number of rotatable bonds is 3. The number of para-hydroxylation sites is 2. The molecule has 3 aromatic heterocycles. The minimum Gasteiger partial charge on any atom is -0.313 e. The molecular weight excluding hydrogens is 604 g/mol. The highest BCUT2D eigenvalue weighted by Gasteiger charge is 2.22. The number of benzene rings is 6. The van der Waals surface area contributed by atoms with E-state index in [0.29, 0.717) is 5.95 Å². The van der Waals surface area contributed by atoms with Crippen LogP contribution in [0.15, 0.2) is 133 Å². The van der Waals surface area contributed by atoms with Crippen LogP contribution in [0.5, 0.6) is 0 Å². The molecule has 10 rings (SSSR count). The van der Waals surface area contributed by atoms with Gasteiger partial charge in [0, 0.05) is 44.1 Å². The van der Waals surface area contributed by atoms with Gasteiger partial charge in [-0.25, -0.2) is 14.4 Å². The predicted molar refractivity (Wildman–Crippen MR) is 202 cm³/mol. The molecule has 5 heteroatoms. The number of aromatic nitrogens is 4. The van der Waals surface area contributed by atoms with Crippen molar-refractivity contribution in [1.82, 2.24) is 19.1 Å². The SMILES string of the molecule is CC.Fc1ccc(-n2c3c(c4cc(-c5nc(-n6c7ccccc7c7c8ccccc8ccc76)nc6ccccc56)ccc42)C=CCC3)cc1. The number of halogens is 1. The summed E-state index contributed by atoms with van der Waals surface area (Å²) in [6, 6.07) is 43.1. The smallest absolute Gasteiger partial charge is 0.235 e. The van der Waals surface area contributed by atoms with Crippen LogP contribution < -0.4 is 0 Å². The van der Waals surface area contributed by atoms with Crippen molar-refractivity contribution in [3.63, 3.8) is 0 Å². The summed E-state index contributed by atoms with van der Waals surface area (Å²) >= 11 is 0. The quantitative estimate of drug-likeness (QED) is 0.193. The Labute approximate surface area is 283 Å². The van der Waals surface area contributed by atoms with Crippen molar-refractivity contribution < 1.29 is 4.39 Å². The second-order valence-electron chi connectivity index (χ2n) is 12.3. The van der Waals surface area contributed by atoms with E-state index in [0.717, 1.165) is 62.6 Å². The van der Waals surface area contributed by atoms with Crippen molar-refractivity contribution in [2.45, 2.75) is 26.7 Å². The van der Waals surface area contributed by atoms with Gasteiger partial charge >= 0.3 is 0 Å². The second kappa shape index (κ2) is 11.6. The minimum atomic E-state index is -0.232. The zero-order valence-corrected chi connectivity index (χ0v) is 27.4. The van der Waals surface area contributed by atoms with Crippen LogP contribution in [0.2, 0.25) is 0 Å². The molecule has 4 nitrogen and oxygen atoms in total. The predicted octanol–water partition coefficient (Wildman–Crippen LogP) is 11.6. The molecule has 0 spiro atoms. The largest absolute Gasteiger partial charge is 0.313 e. The average Bonchev–Trinajstić information content (AvgIpc) is 3.68. The highest BCUT2D eigenvalue weighted by atomic mass is 19.1. The van der Waals surface area contributed by atoms with Crippen LogP contribution in [0.25, 0.3) is 83.4 Å². The summed E-state index contributed by atoms with van der Waals surface area (Å²) in [6.07, 6.45) is 6.38. The summed E-state index contributed by atoms with van der Waals surface area (Å²) in [5, 5.41) is 6.98. The normalized spacial score (nSPS) is 12.6. The number of hydrogen-bond acceptors (Lipinski definition) is 2. The number of hydrogen-bond donors (Lipinski definition) is 0. The lowest BCUT2D eigenvalue weighted by Crippen LogP contribution is -2.03. The molecule has 0 radical (unpaired) electrons. The molecule has 3 heterocycles. The lowest BCUT2D eigenvalue weighted by molar-refractivity contribution is 0.627. The Kier molecular flexibility index (Phi) is 6.87. The van der Waals surface area contributed by atoms with Crippen molar-refractivity contribution in [2.75, 3.05) is 0 Å². The maximum absolute atomic E-state index is 13.9. The van der Waals surface area contributed by atoms with Crippen LogP contribution in [0.4, 0.5) is 4.39 Å². The molecule has 0 fully saturated rings. The maximum atomic E-state index is 13.9. The van der Waals surface area contributed by atoms with Crippen molar-refractivity contribution in [3.8, 4) is 22.9 Å². The van der Waals surface area contributed by atoms with E-state index in [1.165, 1.54) is 44.9 Å². The Balaban J connectivity index is 0.00000160. The lowest BCUT2D eigenvalue weighted by Gasteiger charge is -2.13. The van der Waals surface area contributed by atoms with Crippen LogP contribution in [-0.4, -0.2) is 19.1 Å². The molecule has 0 atom stereocenters. The monoisotopic (exact) mass is 636 g/mol. The molecule has 0 N–H and O–H groups in total. The van der Waals surface area contributed by atoms with E-state index >= 15 is 0 Å². The van der Waals surface area contributed by atoms with Crippen molar-refractivity contribution in [3.05, 3.63) is 151 Å². The first-order valence-corrected chi connectivity index (χ1v) is 17.0. The Morgan fingerprint density at radius 2 is 1.33 bits per heavy atom. The van der Waals surface area contributed by atoms with Crippen LogP contribution in [0.3, 0.4) is 0 Å². The van der Waals surface area contributed by atoms with Crippen LogP contribution >= 0.6 is 0 Å². The molecule has 9 aromatic rings. The van der Waals surface area contributed by atoms with Crippen molar-refractivity contribution in [1.29, 1.82) is 0 Å². The van der Waals surface area contributed by atoms with Gasteiger partial charge in [0.05, 0.1) is 27.8 Å². The average molecular weight is 637 g/mol. The van der Waals surface area contributed by atoms with Crippen LogP contribution in [-0.2, 0) is 6.42 Å². The van der Waals surface area contributed by atoms with Gasteiger partial charge in [0.2, 0.25) is 5.95 Å². The van der Waals surface area contributed by atoms with Gasteiger partial charge in [0.15, 0.2) is 0 Å². The van der Waals surface area contributed by atoms with Gasteiger partial charge in [0.1, 0.15) is 5.82 Å². The molecule has 0 saturated heterocycles. The summed E-state index contributed by atoms with van der Waals surface area (Å²) in [5.74, 6) is 0.412. The third-order valence-corrected chi connectivity index (χ3v) is 9.65. The molecule has 0 amide bonds. The van der Waals surface area contributed by atoms with Gasteiger partial charge in [-0.15, -0.1) is 0 Å². The first kappa shape index (κ1) is 29.1. The molecule has 0 bridgehead atoms. The zero-order chi connectivity index (χ0) is 33.1. The highest BCUT2D eigenvalue weighted by molar-refractivity contribution is 6.21. The van der Waals surface area contributed by atoms with E-state index in [4.69, 9.17) is 9.97 Å². The van der Waals surface area contributed by atoms with Crippen LogP contribution in [0.1, 0.15) is 31.5 Å². The molecule has 0 saturated carbocycles. The summed E-state index contributed by atoms with van der Waals surface area (Å²) in [4.78, 5) is 10.5. The van der Waals surface area contributed by atoms with E-state index in [1.54, 1.807) is 0 Å². The maximum Gasteiger partial charge on any atom is 0.235 e. The Bertz CT molecular complexity index is 2750. The number of nitrogens with zero attached hydrogens (tertiary/aromatic N) is 4. The fraction of sp³-hybridized carbons (Fsp3) is 0.0909. The molecule has 49 heavy (non-hydrogen) atoms. The van der Waals surface area contributed by atoms with Gasteiger partial charge in [-0.3, -0.25) is 4.57 Å². The van der Waals surface area contributed by atoms with E-state index < -0.39 is 0 Å². The topological polar surface area (TPSA) is 35.6 Å². The standard InChI is InChI=1S/C42H27FN4.C2H6/c43-28-19-21-29(22-20-28)46-36-15-7-4-11-31(36)34-25-27(18-23-38(34)46)41-32-12-3-6-14-35(32)44-42(45-41)47-37-16-8-5-13-33(37)40-30-10-2-1-9-26(30)17-24-39(40)47;1-2/h1-6,8-14,16-25H,7,15H2;1-2H3. The van der Waals surface area contributed by atoms with Crippen LogP contribution in [0, 0.1) is 5.82 Å². The van der Waals surface area contributed by atoms with E-state index in [2.05, 4.69) is 118 Å². The number of allylic oxidation sites excluding steroid dienone is 1. The van der Waals surface area contributed by atoms with Gasteiger partial charge in [-0.2, -0.15) is 0 Å². The summed E-state index contributed by atoms with van der Waals surface area (Å²) in [7, 11) is 0. The number of fused-ring (bicyclic) bond motifs is 9. The van der Waals surface area contributed by atoms with E-state index in [9.17, 15) is 4.39 Å². The van der Waals surface area contributed by atoms with E-state index in [-0.39, 0.29) is 5.82 Å². The molecule has 1 aliphatic rings. The minimum absolute atomic E-state index is 0.232. The lowest BCUT2D eigenvalue weighted by atomic mass is 9.99. The summed E-state index contributed by atoms with van der Waals surface area (Å²) in [6.45, 7) is 4.00. The summed E-state index contributed by atoms with van der Waals surface area (Å²) < 4.78 is 18.4. The fourth-order valence-corrected chi connectivity index (χ4v) is 7.59. The fourth-order valence-electron chi connectivity index (χ4n) is 7.59. The van der Waals surface area contributed by atoms with E-state index in [1.807, 2.05) is 32.0 Å². The van der Waals surface area contributed by atoms with Gasteiger partial charge in [-0.05, 0) is 78.2 Å². The van der Waals surface area contributed by atoms with Crippen molar-refractivity contribution >= 4 is 60.5 Å². The van der Waals surface area contributed by atoms with Gasteiger partial charge in [-0.1, -0.05) is 98.8 Å². The zero-order valence-electron chi connectivity index (χ0n) is 27.4. The van der Waals surface area contributed by atoms with Crippen molar-refractivity contribution in [2.24, 2.45) is 0 Å². The molecule has 236 valence electrons. The third-order valence-electron chi connectivity index (χ3n) is 9.65. The van der Waals surface area contributed by atoms with Gasteiger partial charge in [0.25, 0.3) is 0 Å². The first-order chi connectivity index (χ1) is 24.2. The third kappa shape index (κ3) is 4.50. The molecule has 6 aromatic carbocycles. The summed E-state index contributed by atoms with van der Waals surface area (Å²) in [5.41, 5.74) is 9.50. The molecule has 0 unspecified atom stereocenters. The highest BCUT2D eigenvalue weighted by Crippen LogP contribution is 2.39. The molecule has 1 aliphatic carbocycles. The van der Waals surface area contributed by atoms with Gasteiger partial charge < -0.3 is 4.57 Å². The molecular formula is C44H33FN4. The Hall–Kier alpha value is -6.07. The molecule has 0 aliphatic heterocycles. The Morgan fingerprint density at radius 1 is 0.612 bits per heavy atom.